The van der Waals surface area contributed by atoms with Crippen molar-refractivity contribution in [1.82, 2.24) is 0 Å². The molecule has 25 nitrogen and oxygen atoms in total. The maximum Gasteiger partial charge on any atom is 0.347 e. The molecule has 858 valence electrons. The first-order valence-electron chi connectivity index (χ1n) is 53.5. The van der Waals surface area contributed by atoms with Gasteiger partial charge in [0.2, 0.25) is 12.2 Å². The fourth-order valence-corrected chi connectivity index (χ4v) is 31.2. The maximum atomic E-state index is 13.3. The second-order valence-corrected chi connectivity index (χ2v) is 52.8. The monoisotopic (exact) mass is 2090 g/mol. The van der Waals surface area contributed by atoms with Crippen LogP contribution < -0.4 is 0 Å². The van der Waals surface area contributed by atoms with Crippen molar-refractivity contribution < 1.29 is 120 Å². The third kappa shape index (κ3) is 29.6. The summed E-state index contributed by atoms with van der Waals surface area (Å²) in [6, 6.07) is 0. The summed E-state index contributed by atoms with van der Waals surface area (Å²) in [6.07, 6.45) is 39.3. The second-order valence-electron chi connectivity index (χ2n) is 52.8. The Labute approximate surface area is 893 Å². The number of carbonyl (C=O) groups is 10. The summed E-state index contributed by atoms with van der Waals surface area (Å²) < 4.78 is 67.3. The SMILES string of the molecule is C.C.C.C.C.C.C.C.C.C.C.C.CCC(C)(C)C(=O)OC12CC3CC(CC(O)(C3)C1)C2.CCC(C)(C)C(=O)OC12CC3CC(O)(CC(O)(C3)C1)C2.CCC(C)(C)C(=O)OC1C2CC3CC1CC(C(=O)OCOCC14CC5CC(CC(C5)C1)C4)(C3)C2.CCC(C)(C)C(=O)OC1C2CC3CC1CC(C(=O)OCOCC14CC5CC(CC(C5)C1)C4)(C3)C2.CCC(C)(C)C(=O)OC1CCOC1=O.CCC(C)(C)C(=O)OC1CCOC1=O. The molecule has 0 aromatic carbocycles. The lowest BCUT2D eigenvalue weighted by molar-refractivity contribution is -0.264. The van der Waals surface area contributed by atoms with E-state index in [1.807, 2.05) is 96.9 Å². The summed E-state index contributed by atoms with van der Waals surface area (Å²) in [6.45, 7) is 37.1. The van der Waals surface area contributed by atoms with E-state index in [-0.39, 0.29) is 185 Å². The average Bonchev–Trinajstić information content (AvgIpc) is 1.46. The van der Waals surface area contributed by atoms with E-state index in [0.29, 0.717) is 123 Å². The van der Waals surface area contributed by atoms with Gasteiger partial charge >= 0.3 is 59.7 Å². The van der Waals surface area contributed by atoms with Crippen LogP contribution in [-0.4, -0.2) is 167 Å². The molecule has 10 unspecified atom stereocenters. The Bertz CT molecular complexity index is 3990. The molecule has 24 saturated carbocycles. The number of ether oxygens (including phenoxy) is 12. The van der Waals surface area contributed by atoms with Gasteiger partial charge in [0.1, 0.15) is 23.4 Å². The van der Waals surface area contributed by atoms with Crippen molar-refractivity contribution in [2.75, 3.05) is 40.0 Å². The van der Waals surface area contributed by atoms with E-state index in [9.17, 15) is 63.3 Å². The zero-order valence-electron chi connectivity index (χ0n) is 85.7. The first-order chi connectivity index (χ1) is 63.2. The Balaban J connectivity index is 0.000000461. The van der Waals surface area contributed by atoms with Crippen molar-refractivity contribution in [1.29, 1.82) is 0 Å². The van der Waals surface area contributed by atoms with E-state index in [1.165, 1.54) is 83.5 Å². The average molecular weight is 2090 g/mol. The Hall–Kier alpha value is -5.50. The fourth-order valence-electron chi connectivity index (χ4n) is 31.2. The van der Waals surface area contributed by atoms with Gasteiger partial charge in [-0.1, -0.05) is 131 Å². The number of rotatable bonds is 28. The van der Waals surface area contributed by atoms with Gasteiger partial charge in [-0.2, -0.15) is 0 Å². The van der Waals surface area contributed by atoms with E-state index in [0.717, 1.165) is 184 Å². The van der Waals surface area contributed by atoms with Crippen molar-refractivity contribution in [2.45, 2.75) is 536 Å². The smallest absolute Gasteiger partial charge is 0.347 e. The number of cyclic esters (lactones) is 2. The van der Waals surface area contributed by atoms with Gasteiger partial charge in [-0.3, -0.25) is 38.4 Å². The zero-order valence-corrected chi connectivity index (χ0v) is 85.7. The Morgan fingerprint density at radius 2 is 0.544 bits per heavy atom. The third-order valence-electron chi connectivity index (χ3n) is 38.9. The molecule has 2 aliphatic heterocycles. The number of hydrogen-bond acceptors (Lipinski definition) is 25. The largest absolute Gasteiger partial charge is 0.463 e. The molecule has 0 spiro atoms. The van der Waals surface area contributed by atoms with Gasteiger partial charge in [-0.15, -0.1) is 0 Å². The predicted octanol–water partition coefficient (Wildman–Crippen LogP) is 27.2. The van der Waals surface area contributed by atoms with E-state index in [2.05, 4.69) is 0 Å². The topological polar surface area (TPSA) is 342 Å². The van der Waals surface area contributed by atoms with Crippen LogP contribution in [-0.2, 0) is 105 Å². The lowest BCUT2D eigenvalue weighted by Crippen LogP contribution is -2.67. The molecule has 0 amide bonds. The minimum Gasteiger partial charge on any atom is -0.463 e. The molecule has 25 heteroatoms. The molecule has 2 heterocycles. The zero-order chi connectivity index (χ0) is 97.7. The van der Waals surface area contributed by atoms with Gasteiger partial charge < -0.3 is 72.2 Å². The number of hydrogen-bond donors (Lipinski definition) is 3. The molecule has 147 heavy (non-hydrogen) atoms. The summed E-state index contributed by atoms with van der Waals surface area (Å²) in [5, 5.41) is 32.0. The number of esters is 10. The highest BCUT2D eigenvalue weighted by Crippen LogP contribution is 2.67. The van der Waals surface area contributed by atoms with Crippen LogP contribution in [0.1, 0.15) is 483 Å². The Morgan fingerprint density at radius 1 is 0.293 bits per heavy atom. The second kappa shape index (κ2) is 51.0. The van der Waals surface area contributed by atoms with Gasteiger partial charge in [0, 0.05) is 38.5 Å². The fraction of sp³-hybridized carbons (Fsp3) is 0.918. The molecular formula is C122H220O25. The van der Waals surface area contributed by atoms with E-state index in [1.54, 1.807) is 27.7 Å². The number of carbonyl (C=O) groups excluding carboxylic acids is 10. The molecule has 26 aliphatic rings. The van der Waals surface area contributed by atoms with Crippen LogP contribution in [0.25, 0.3) is 0 Å². The minimum absolute atomic E-state index is 0. The lowest BCUT2D eigenvalue weighted by atomic mass is 9.48. The van der Waals surface area contributed by atoms with Gasteiger partial charge in [-0.05, 0) is 414 Å². The van der Waals surface area contributed by atoms with Crippen molar-refractivity contribution >= 4 is 59.7 Å². The molecule has 26 fully saturated rings. The predicted molar refractivity (Wildman–Crippen MR) is 581 cm³/mol. The van der Waals surface area contributed by atoms with Crippen LogP contribution in [0.5, 0.6) is 0 Å². The molecule has 10 atom stereocenters. The maximum absolute atomic E-state index is 13.3. The summed E-state index contributed by atoms with van der Waals surface area (Å²) in [7, 11) is 0. The molecule has 0 radical (unpaired) electrons. The highest BCUT2D eigenvalue weighted by atomic mass is 16.7. The van der Waals surface area contributed by atoms with Gasteiger partial charge in [-0.25, -0.2) is 9.59 Å². The van der Waals surface area contributed by atoms with E-state index in [4.69, 9.17) is 56.8 Å². The summed E-state index contributed by atoms with van der Waals surface area (Å²) in [5.41, 5.74) is -6.17. The van der Waals surface area contributed by atoms with Gasteiger partial charge in [0.05, 0.1) is 86.6 Å². The molecule has 24 bridgehead atoms. The molecular weight excluding hydrogens is 1870 g/mol. The van der Waals surface area contributed by atoms with Crippen LogP contribution in [0.3, 0.4) is 0 Å². The number of aliphatic hydroxyl groups is 3. The van der Waals surface area contributed by atoms with Crippen molar-refractivity contribution in [3.8, 4) is 0 Å². The van der Waals surface area contributed by atoms with Crippen LogP contribution >= 0.6 is 0 Å². The summed E-state index contributed by atoms with van der Waals surface area (Å²) in [5.74, 6) is 7.09. The third-order valence-corrected chi connectivity index (χ3v) is 38.9. The van der Waals surface area contributed by atoms with Crippen molar-refractivity contribution in [2.24, 2.45) is 143 Å². The minimum atomic E-state index is -0.842. The van der Waals surface area contributed by atoms with Crippen molar-refractivity contribution in [3.63, 3.8) is 0 Å². The molecule has 0 aromatic heterocycles. The first kappa shape index (κ1) is 136. The highest BCUT2D eigenvalue weighted by Gasteiger charge is 2.68. The van der Waals surface area contributed by atoms with Gasteiger partial charge in [0.25, 0.3) is 0 Å². The van der Waals surface area contributed by atoms with E-state index >= 15 is 0 Å². The molecule has 24 aliphatic carbocycles. The molecule has 3 N–H and O–H groups in total. The normalized spacial score (nSPS) is 37.5. The van der Waals surface area contributed by atoms with Crippen LogP contribution in [0.2, 0.25) is 0 Å². The van der Waals surface area contributed by atoms with Crippen LogP contribution in [0, 0.1) is 143 Å². The summed E-state index contributed by atoms with van der Waals surface area (Å²) >= 11 is 0. The van der Waals surface area contributed by atoms with Crippen molar-refractivity contribution in [3.05, 3.63) is 0 Å². The quantitative estimate of drug-likeness (QED) is 0.0283. The van der Waals surface area contributed by atoms with Gasteiger partial charge in [0.15, 0.2) is 13.6 Å². The Morgan fingerprint density at radius 3 is 0.816 bits per heavy atom. The van der Waals surface area contributed by atoms with Crippen LogP contribution in [0.15, 0.2) is 0 Å². The molecule has 2 saturated heterocycles. The highest BCUT2D eigenvalue weighted by molar-refractivity contribution is 5.84. The summed E-state index contributed by atoms with van der Waals surface area (Å²) in [4.78, 5) is 122. The molecule has 0 aromatic rings. The Kier molecular flexibility index (Phi) is 47.1. The lowest BCUT2D eigenvalue weighted by Gasteiger charge is -2.62. The first-order valence-corrected chi connectivity index (χ1v) is 53.5. The van der Waals surface area contributed by atoms with Crippen LogP contribution in [0.4, 0.5) is 0 Å². The van der Waals surface area contributed by atoms with E-state index < -0.39 is 79.0 Å². The standard InChI is InChI=1S/2C29H44O5.C16H26O4.C16H26O3.2C10H16O4.12CH4/c2*1-4-27(2,3)25(30)34-24-22-8-21-9-23(24)15-29(13-21,14-22)26(31)33-17-32-16-28-10-18-5-19(11-28)7-20(6-18)12-28;1-4-13(2,3)12(17)20-16-7-11-5-14(18,9-16)8-15(19,6-11)10-16;1-4-14(2,3)13(17)19-16-8-11-5-12(9-16)7-15(18,6-11)10-16;2*1-4-10(2,3)9(12)14-7-5-6-13-8(7)11;;;;;;;;;;;;/h2*18-24H,4-17H2,1-3H3;11,18-19H,4-10H2,1-3H3;11-12,18H,4-10H2,1-3H3;2*7H,4-6H2,1-3H3;12*1H4. The molecule has 26 rings (SSSR count).